The number of anilines is 1. The fourth-order valence-corrected chi connectivity index (χ4v) is 3.03. The quantitative estimate of drug-likeness (QED) is 0.233. The second kappa shape index (κ2) is 7.43. The van der Waals surface area contributed by atoms with Crippen LogP contribution in [0.2, 0.25) is 0 Å². The summed E-state index contributed by atoms with van der Waals surface area (Å²) in [5.41, 5.74) is -2.31. The van der Waals surface area contributed by atoms with E-state index in [1.54, 1.807) is 5.43 Å². The maximum absolute atomic E-state index is 13.7. The van der Waals surface area contributed by atoms with Gasteiger partial charge in [0.05, 0.1) is 15.2 Å². The molecule has 0 aliphatic carbocycles. The number of hydrogen-bond acceptors (Lipinski definition) is 3. The molecular formula is C14H5Br2F7N2O. The molecular weight excluding hydrogens is 505 g/mol. The zero-order valence-corrected chi connectivity index (χ0v) is 15.2. The molecule has 0 saturated heterocycles. The third kappa shape index (κ3) is 3.95. The maximum Gasteiger partial charge on any atom is 0.422 e. The van der Waals surface area contributed by atoms with E-state index < -0.39 is 40.7 Å². The summed E-state index contributed by atoms with van der Waals surface area (Å²) in [5, 5.41) is 12.9. The molecule has 3 nitrogen and oxygen atoms in total. The van der Waals surface area contributed by atoms with Crippen LogP contribution in [0.1, 0.15) is 11.1 Å². The number of aromatic hydroxyl groups is 1. The van der Waals surface area contributed by atoms with Crippen molar-refractivity contribution in [2.24, 2.45) is 5.10 Å². The molecule has 0 aromatic heterocycles. The highest BCUT2D eigenvalue weighted by Crippen LogP contribution is 2.38. The number of phenolic OH excluding ortho intramolecular Hbond substituents is 1. The van der Waals surface area contributed by atoms with Gasteiger partial charge in [0.25, 0.3) is 0 Å². The van der Waals surface area contributed by atoms with Crippen LogP contribution in [-0.4, -0.2) is 11.3 Å². The van der Waals surface area contributed by atoms with Crippen molar-refractivity contribution in [1.29, 1.82) is 0 Å². The largest absolute Gasteiger partial charge is 0.506 e. The van der Waals surface area contributed by atoms with E-state index in [0.717, 1.165) is 6.21 Å². The number of benzene rings is 2. The predicted molar refractivity (Wildman–Crippen MR) is 86.0 cm³/mol. The van der Waals surface area contributed by atoms with Crippen LogP contribution in [0, 0.1) is 23.3 Å². The molecule has 0 spiro atoms. The van der Waals surface area contributed by atoms with E-state index in [2.05, 4.69) is 37.0 Å². The summed E-state index contributed by atoms with van der Waals surface area (Å²) in [5.74, 6) is -9.88. The topological polar surface area (TPSA) is 44.6 Å². The van der Waals surface area contributed by atoms with Crippen LogP contribution in [0.15, 0.2) is 26.2 Å². The molecule has 0 radical (unpaired) electrons. The van der Waals surface area contributed by atoms with E-state index >= 15 is 0 Å². The first-order chi connectivity index (χ1) is 11.9. The standard InChI is InChI=1S/C14H5Br2F7N2O/c15-5-1-4(2-6(16)13(5)26)3-24-25-12-10(19)8(17)7(14(21,22)23)9(18)11(12)20/h1-3,25-26H/b24-3+. The highest BCUT2D eigenvalue weighted by molar-refractivity contribution is 9.11. The highest BCUT2D eigenvalue weighted by atomic mass is 79.9. The van der Waals surface area contributed by atoms with Gasteiger partial charge in [-0.3, -0.25) is 5.43 Å². The molecule has 0 saturated carbocycles. The molecule has 0 amide bonds. The van der Waals surface area contributed by atoms with Crippen LogP contribution in [0.3, 0.4) is 0 Å². The molecule has 2 aromatic rings. The van der Waals surface area contributed by atoms with Crippen LogP contribution >= 0.6 is 31.9 Å². The highest BCUT2D eigenvalue weighted by Gasteiger charge is 2.42. The van der Waals surface area contributed by atoms with Gasteiger partial charge in [-0.2, -0.15) is 18.3 Å². The lowest BCUT2D eigenvalue weighted by molar-refractivity contribution is -0.143. The van der Waals surface area contributed by atoms with Crippen molar-refractivity contribution >= 4 is 43.8 Å². The third-order valence-corrected chi connectivity index (χ3v) is 4.19. The first kappa shape index (κ1) is 20.5. The van der Waals surface area contributed by atoms with E-state index in [0.29, 0.717) is 0 Å². The molecule has 0 unspecified atom stereocenters. The first-order valence-corrected chi connectivity index (χ1v) is 7.94. The van der Waals surface area contributed by atoms with Gasteiger partial charge in [0.15, 0.2) is 23.3 Å². The lowest BCUT2D eigenvalue weighted by Gasteiger charge is -2.13. The molecule has 0 atom stereocenters. The smallest absolute Gasteiger partial charge is 0.422 e. The van der Waals surface area contributed by atoms with Crippen molar-refractivity contribution < 1.29 is 35.8 Å². The summed E-state index contributed by atoms with van der Waals surface area (Å²) in [6.45, 7) is 0. The van der Waals surface area contributed by atoms with E-state index in [-0.39, 0.29) is 20.3 Å². The number of hydrogen-bond donors (Lipinski definition) is 2. The number of alkyl halides is 3. The predicted octanol–water partition coefficient (Wildman–Crippen LogP) is 5.94. The van der Waals surface area contributed by atoms with E-state index in [9.17, 15) is 35.8 Å². The van der Waals surface area contributed by atoms with Gasteiger partial charge in [0.2, 0.25) is 0 Å². The molecule has 0 aliphatic rings. The van der Waals surface area contributed by atoms with Crippen LogP contribution in [0.5, 0.6) is 5.75 Å². The molecule has 0 aliphatic heterocycles. The fourth-order valence-electron chi connectivity index (χ4n) is 1.81. The molecule has 12 heteroatoms. The number of phenols is 1. The summed E-state index contributed by atoms with van der Waals surface area (Å²) in [6.07, 6.45) is -4.68. The summed E-state index contributed by atoms with van der Waals surface area (Å²) >= 11 is 6.03. The number of nitrogens with zero attached hydrogens (tertiary/aromatic N) is 1. The number of halogens is 9. The zero-order chi connectivity index (χ0) is 19.8. The van der Waals surface area contributed by atoms with Crippen LogP contribution in [0.25, 0.3) is 0 Å². The third-order valence-electron chi connectivity index (χ3n) is 2.98. The van der Waals surface area contributed by atoms with Crippen molar-refractivity contribution in [2.75, 3.05) is 5.43 Å². The van der Waals surface area contributed by atoms with E-state index in [1.807, 2.05) is 0 Å². The Hall–Kier alpha value is -1.82. The Kier molecular flexibility index (Phi) is 5.85. The average molecular weight is 510 g/mol. The van der Waals surface area contributed by atoms with Gasteiger partial charge < -0.3 is 5.11 Å². The van der Waals surface area contributed by atoms with Gasteiger partial charge in [-0.15, -0.1) is 0 Å². The summed E-state index contributed by atoms with van der Waals surface area (Å²) in [7, 11) is 0. The van der Waals surface area contributed by atoms with Crippen molar-refractivity contribution in [2.45, 2.75) is 6.18 Å². The monoisotopic (exact) mass is 508 g/mol. The Morgan fingerprint density at radius 1 is 0.923 bits per heavy atom. The number of rotatable bonds is 3. The Morgan fingerprint density at radius 3 is 1.81 bits per heavy atom. The van der Waals surface area contributed by atoms with Gasteiger partial charge in [0.1, 0.15) is 17.0 Å². The Balaban J connectivity index is 2.39. The first-order valence-electron chi connectivity index (χ1n) is 6.35. The van der Waals surface area contributed by atoms with Crippen molar-refractivity contribution in [3.05, 3.63) is 55.5 Å². The second-order valence-corrected chi connectivity index (χ2v) is 6.42. The fraction of sp³-hybridized carbons (Fsp3) is 0.0714. The Bertz CT molecular complexity index is 848. The average Bonchev–Trinajstić information content (AvgIpc) is 2.52. The Labute approximate surface area is 157 Å². The van der Waals surface area contributed by atoms with Crippen molar-refractivity contribution in [3.8, 4) is 5.75 Å². The van der Waals surface area contributed by atoms with Crippen molar-refractivity contribution in [1.82, 2.24) is 0 Å². The number of nitrogens with one attached hydrogen (secondary N) is 1. The molecule has 2 N–H and O–H groups in total. The maximum atomic E-state index is 13.7. The second-order valence-electron chi connectivity index (χ2n) is 4.71. The lowest BCUT2D eigenvalue weighted by atomic mass is 10.1. The minimum Gasteiger partial charge on any atom is -0.506 e. The molecule has 0 heterocycles. The van der Waals surface area contributed by atoms with Crippen molar-refractivity contribution in [3.63, 3.8) is 0 Å². The Morgan fingerprint density at radius 2 is 1.38 bits per heavy atom. The molecule has 0 bridgehead atoms. The molecule has 140 valence electrons. The SMILES string of the molecule is Oc1c(Br)cc(/C=N/Nc2c(F)c(F)c(C(F)(F)F)c(F)c2F)cc1Br. The van der Waals surface area contributed by atoms with Gasteiger partial charge >= 0.3 is 6.18 Å². The van der Waals surface area contributed by atoms with Gasteiger partial charge in [0, 0.05) is 0 Å². The number of hydrazone groups is 1. The molecule has 2 aromatic carbocycles. The van der Waals surface area contributed by atoms with E-state index in [4.69, 9.17) is 0 Å². The molecule has 2 rings (SSSR count). The normalized spacial score (nSPS) is 12.0. The zero-order valence-electron chi connectivity index (χ0n) is 12.0. The van der Waals surface area contributed by atoms with Crippen LogP contribution in [0.4, 0.5) is 36.4 Å². The minimum atomic E-state index is -5.62. The van der Waals surface area contributed by atoms with Crippen LogP contribution < -0.4 is 5.43 Å². The van der Waals surface area contributed by atoms with Gasteiger partial charge in [-0.25, -0.2) is 17.6 Å². The summed E-state index contributed by atoms with van der Waals surface area (Å²) in [4.78, 5) is 0. The summed E-state index contributed by atoms with van der Waals surface area (Å²) in [6, 6.07) is 2.68. The van der Waals surface area contributed by atoms with E-state index in [1.165, 1.54) is 12.1 Å². The van der Waals surface area contributed by atoms with Gasteiger partial charge in [-0.1, -0.05) is 0 Å². The summed E-state index contributed by atoms with van der Waals surface area (Å²) < 4.78 is 92.2. The minimum absolute atomic E-state index is 0.140. The molecule has 26 heavy (non-hydrogen) atoms. The van der Waals surface area contributed by atoms with Gasteiger partial charge in [-0.05, 0) is 49.6 Å². The molecule has 0 fully saturated rings. The lowest BCUT2D eigenvalue weighted by Crippen LogP contribution is -2.16. The van der Waals surface area contributed by atoms with Crippen LogP contribution in [-0.2, 0) is 6.18 Å².